The van der Waals surface area contributed by atoms with Crippen molar-refractivity contribution >= 4 is 5.97 Å². The van der Waals surface area contributed by atoms with Crippen LogP contribution in [0.15, 0.2) is 18.2 Å². The Hall–Kier alpha value is -1.38. The van der Waals surface area contributed by atoms with Crippen molar-refractivity contribution in [2.24, 2.45) is 0 Å². The topological polar surface area (TPSA) is 37.3 Å². The summed E-state index contributed by atoms with van der Waals surface area (Å²) >= 11 is 0. The molecule has 2 rings (SSSR count). The monoisotopic (exact) mass is 194 g/mol. The lowest BCUT2D eigenvalue weighted by Gasteiger charge is -2.10. The minimum atomic E-state index is -1.00. The molecule has 1 saturated carbocycles. The Bertz CT molecular complexity index is 394. The van der Waals surface area contributed by atoms with Crippen molar-refractivity contribution in [1.82, 2.24) is 0 Å². The molecular formula is C11H11FO2. The van der Waals surface area contributed by atoms with Crippen molar-refractivity contribution in [3.05, 3.63) is 35.1 Å². The minimum absolute atomic E-state index is 0.129. The summed E-state index contributed by atoms with van der Waals surface area (Å²) in [5, 5.41) is 8.76. The van der Waals surface area contributed by atoms with Gasteiger partial charge < -0.3 is 5.11 Å². The number of carboxylic acid groups (broad SMARTS) is 1. The van der Waals surface area contributed by atoms with Gasteiger partial charge in [0.05, 0.1) is 5.56 Å². The Morgan fingerprint density at radius 2 is 2.14 bits per heavy atom. The molecule has 1 aromatic rings. The molecule has 0 bridgehead atoms. The lowest BCUT2D eigenvalue weighted by Crippen LogP contribution is -2.06. The highest BCUT2D eigenvalue weighted by Gasteiger charge is 2.41. The van der Waals surface area contributed by atoms with Crippen LogP contribution in [0.4, 0.5) is 4.39 Å². The molecule has 1 fully saturated rings. The van der Waals surface area contributed by atoms with Crippen LogP contribution in [0.2, 0.25) is 0 Å². The van der Waals surface area contributed by atoms with Gasteiger partial charge in [0, 0.05) is 0 Å². The quantitative estimate of drug-likeness (QED) is 0.785. The molecule has 0 unspecified atom stereocenters. The average Bonchev–Trinajstić information content (AvgIpc) is 2.85. The van der Waals surface area contributed by atoms with Crippen molar-refractivity contribution in [2.75, 3.05) is 0 Å². The highest BCUT2D eigenvalue weighted by molar-refractivity contribution is 5.87. The Labute approximate surface area is 81.4 Å². The van der Waals surface area contributed by atoms with Gasteiger partial charge in [0.15, 0.2) is 0 Å². The van der Waals surface area contributed by atoms with Gasteiger partial charge in [-0.25, -0.2) is 9.18 Å². The fourth-order valence-corrected chi connectivity index (χ4v) is 1.58. The molecule has 1 N–H and O–H groups in total. The van der Waals surface area contributed by atoms with Crippen molar-refractivity contribution in [2.45, 2.75) is 25.2 Å². The molecule has 0 atom stereocenters. The first-order valence-corrected chi connectivity index (χ1v) is 4.56. The van der Waals surface area contributed by atoms with E-state index in [4.69, 9.17) is 5.11 Å². The number of aromatic carboxylic acids is 1. The van der Waals surface area contributed by atoms with Crippen molar-refractivity contribution in [3.8, 4) is 0 Å². The van der Waals surface area contributed by atoms with E-state index in [-0.39, 0.29) is 16.8 Å². The predicted octanol–water partition coefficient (Wildman–Crippen LogP) is 2.58. The third-order valence-corrected chi connectivity index (χ3v) is 2.86. The smallest absolute Gasteiger partial charge is 0.335 e. The lowest BCUT2D eigenvalue weighted by atomic mass is 9.96. The fraction of sp³-hybridized carbons (Fsp3) is 0.364. The van der Waals surface area contributed by atoms with E-state index in [1.807, 2.05) is 6.92 Å². The standard InChI is InChI=1S/C11H11FO2/c1-11(4-5-11)8-6-7(10(13)14)2-3-9(8)12/h2-3,6H,4-5H2,1H3,(H,13,14). The molecule has 0 aromatic heterocycles. The zero-order chi connectivity index (χ0) is 10.3. The van der Waals surface area contributed by atoms with E-state index < -0.39 is 5.97 Å². The number of hydrogen-bond donors (Lipinski definition) is 1. The van der Waals surface area contributed by atoms with Crippen LogP contribution in [0, 0.1) is 5.82 Å². The molecule has 0 spiro atoms. The van der Waals surface area contributed by atoms with E-state index in [1.54, 1.807) is 0 Å². The molecule has 0 amide bonds. The van der Waals surface area contributed by atoms with Crippen LogP contribution in [0.5, 0.6) is 0 Å². The van der Waals surface area contributed by atoms with Gasteiger partial charge in [0.25, 0.3) is 0 Å². The van der Waals surface area contributed by atoms with Crippen LogP contribution >= 0.6 is 0 Å². The zero-order valence-electron chi connectivity index (χ0n) is 7.88. The largest absolute Gasteiger partial charge is 0.478 e. The number of rotatable bonds is 2. The third kappa shape index (κ3) is 1.39. The normalized spacial score (nSPS) is 17.9. The van der Waals surface area contributed by atoms with Gasteiger partial charge in [-0.3, -0.25) is 0 Å². The van der Waals surface area contributed by atoms with E-state index in [2.05, 4.69) is 0 Å². The zero-order valence-corrected chi connectivity index (χ0v) is 7.88. The summed E-state index contributed by atoms with van der Waals surface area (Å²) in [4.78, 5) is 10.7. The summed E-state index contributed by atoms with van der Waals surface area (Å²) < 4.78 is 13.4. The van der Waals surface area contributed by atoms with E-state index in [0.717, 1.165) is 12.8 Å². The average molecular weight is 194 g/mol. The van der Waals surface area contributed by atoms with Gasteiger partial charge in [-0.1, -0.05) is 6.92 Å². The van der Waals surface area contributed by atoms with E-state index >= 15 is 0 Å². The highest BCUT2D eigenvalue weighted by Crippen LogP contribution is 2.48. The molecule has 0 heterocycles. The Kier molecular flexibility index (Phi) is 1.84. The SMILES string of the molecule is CC1(c2cc(C(=O)O)ccc2F)CC1. The van der Waals surface area contributed by atoms with Gasteiger partial charge in [0.1, 0.15) is 5.82 Å². The second-order valence-electron chi connectivity index (χ2n) is 4.06. The third-order valence-electron chi connectivity index (χ3n) is 2.86. The number of benzene rings is 1. The minimum Gasteiger partial charge on any atom is -0.478 e. The highest BCUT2D eigenvalue weighted by atomic mass is 19.1. The molecular weight excluding hydrogens is 183 g/mol. The van der Waals surface area contributed by atoms with E-state index in [1.165, 1.54) is 18.2 Å². The van der Waals surface area contributed by atoms with E-state index in [9.17, 15) is 9.18 Å². The van der Waals surface area contributed by atoms with Crippen LogP contribution < -0.4 is 0 Å². The molecule has 0 saturated heterocycles. The Morgan fingerprint density at radius 1 is 1.50 bits per heavy atom. The van der Waals surface area contributed by atoms with Gasteiger partial charge in [0.2, 0.25) is 0 Å². The molecule has 1 aromatic carbocycles. The molecule has 0 radical (unpaired) electrons. The molecule has 2 nitrogen and oxygen atoms in total. The van der Waals surface area contributed by atoms with Crippen molar-refractivity contribution in [3.63, 3.8) is 0 Å². The Balaban J connectivity index is 2.48. The maximum atomic E-state index is 13.4. The van der Waals surface area contributed by atoms with Crippen LogP contribution in [0.25, 0.3) is 0 Å². The molecule has 0 aliphatic heterocycles. The van der Waals surface area contributed by atoms with Crippen LogP contribution in [0.1, 0.15) is 35.7 Å². The molecule has 3 heteroatoms. The van der Waals surface area contributed by atoms with Crippen molar-refractivity contribution < 1.29 is 14.3 Å². The summed E-state index contributed by atoms with van der Waals surface area (Å²) in [6.45, 7) is 1.96. The summed E-state index contributed by atoms with van der Waals surface area (Å²) in [7, 11) is 0. The maximum absolute atomic E-state index is 13.4. The Morgan fingerprint density at radius 3 is 2.64 bits per heavy atom. The summed E-state index contributed by atoms with van der Waals surface area (Å²) in [5.74, 6) is -1.30. The predicted molar refractivity (Wildman–Crippen MR) is 49.9 cm³/mol. The van der Waals surface area contributed by atoms with Crippen LogP contribution in [-0.2, 0) is 5.41 Å². The summed E-state index contributed by atoms with van der Waals surface area (Å²) in [6.07, 6.45) is 1.87. The number of carbonyl (C=O) groups is 1. The first-order valence-electron chi connectivity index (χ1n) is 4.56. The second-order valence-corrected chi connectivity index (χ2v) is 4.06. The summed E-state index contributed by atoms with van der Waals surface area (Å²) in [6, 6.07) is 3.99. The number of carboxylic acids is 1. The van der Waals surface area contributed by atoms with Gasteiger partial charge in [-0.2, -0.15) is 0 Å². The first-order chi connectivity index (χ1) is 6.53. The van der Waals surface area contributed by atoms with E-state index in [0.29, 0.717) is 5.56 Å². The molecule has 14 heavy (non-hydrogen) atoms. The fourth-order valence-electron chi connectivity index (χ4n) is 1.58. The molecule has 74 valence electrons. The number of hydrogen-bond acceptors (Lipinski definition) is 1. The second kappa shape index (κ2) is 2.80. The van der Waals surface area contributed by atoms with Gasteiger partial charge in [-0.05, 0) is 42.0 Å². The molecule has 1 aliphatic carbocycles. The summed E-state index contributed by atoms with van der Waals surface area (Å²) in [5.41, 5.74) is 0.571. The van der Waals surface area contributed by atoms with Crippen molar-refractivity contribution in [1.29, 1.82) is 0 Å². The lowest BCUT2D eigenvalue weighted by molar-refractivity contribution is 0.0696. The molecule has 1 aliphatic rings. The first kappa shape index (κ1) is 9.19. The maximum Gasteiger partial charge on any atom is 0.335 e. The van der Waals surface area contributed by atoms with Crippen LogP contribution in [0.3, 0.4) is 0 Å². The van der Waals surface area contributed by atoms with Crippen LogP contribution in [-0.4, -0.2) is 11.1 Å². The number of halogens is 1. The van der Waals surface area contributed by atoms with Gasteiger partial charge in [-0.15, -0.1) is 0 Å². The van der Waals surface area contributed by atoms with Gasteiger partial charge >= 0.3 is 5.97 Å².